The molecule has 0 bridgehead atoms. The Balaban J connectivity index is 4.03. The van der Waals surface area contributed by atoms with Crippen LogP contribution in [0, 0.1) is 11.8 Å². The topological polar surface area (TPSA) is 125 Å². The molecule has 1 atom stereocenters. The van der Waals surface area contributed by atoms with Gasteiger partial charge in [0.15, 0.2) is 0 Å². The molecular formula is C10H21N3O5S. The van der Waals surface area contributed by atoms with Crippen molar-refractivity contribution in [1.82, 2.24) is 15.4 Å². The average molecular weight is 295 g/mol. The summed E-state index contributed by atoms with van der Waals surface area (Å²) in [5.41, 5.74) is 0. The van der Waals surface area contributed by atoms with Crippen molar-refractivity contribution in [2.24, 2.45) is 11.8 Å². The first-order valence-electron chi connectivity index (χ1n) is 5.85. The third-order valence-electron chi connectivity index (χ3n) is 2.57. The van der Waals surface area contributed by atoms with Crippen LogP contribution < -0.4 is 15.4 Å². The van der Waals surface area contributed by atoms with Gasteiger partial charge in [0.2, 0.25) is 10.0 Å². The third-order valence-corrected chi connectivity index (χ3v) is 3.94. The van der Waals surface area contributed by atoms with E-state index in [-0.39, 0.29) is 24.8 Å². The summed E-state index contributed by atoms with van der Waals surface area (Å²) in [5, 5.41) is 13.7. The first-order chi connectivity index (χ1) is 8.69. The lowest BCUT2D eigenvalue weighted by atomic mass is 9.96. The minimum atomic E-state index is -3.36. The lowest BCUT2D eigenvalue weighted by Crippen LogP contribution is -2.43. The fourth-order valence-electron chi connectivity index (χ4n) is 1.27. The third kappa shape index (κ3) is 7.62. The standard InChI is InChI=1S/C10H21N3O5S/c1-7(2)8(9(14)15)6-13-10(16)12-4-5-19(17,18)11-3/h7-8,11H,4-6H2,1-3H3,(H,14,15)(H2,12,13,16). The monoisotopic (exact) mass is 295 g/mol. The minimum absolute atomic E-state index is 0.00237. The second-order valence-corrected chi connectivity index (χ2v) is 6.39. The highest BCUT2D eigenvalue weighted by Gasteiger charge is 2.21. The average Bonchev–Trinajstić information content (AvgIpc) is 2.28. The molecule has 2 amide bonds. The van der Waals surface area contributed by atoms with Gasteiger partial charge in [-0.15, -0.1) is 0 Å². The van der Waals surface area contributed by atoms with Crippen molar-refractivity contribution < 1.29 is 23.1 Å². The van der Waals surface area contributed by atoms with Crippen molar-refractivity contribution in [2.75, 3.05) is 25.9 Å². The van der Waals surface area contributed by atoms with Crippen molar-refractivity contribution in [1.29, 1.82) is 0 Å². The molecule has 0 heterocycles. The summed E-state index contributed by atoms with van der Waals surface area (Å²) in [5.74, 6) is -1.99. The van der Waals surface area contributed by atoms with Gasteiger partial charge in [-0.3, -0.25) is 4.79 Å². The molecular weight excluding hydrogens is 274 g/mol. The molecule has 0 aliphatic carbocycles. The van der Waals surface area contributed by atoms with E-state index in [2.05, 4.69) is 15.4 Å². The fraction of sp³-hybridized carbons (Fsp3) is 0.800. The SMILES string of the molecule is CNS(=O)(=O)CCNC(=O)NCC(C(=O)O)C(C)C. The smallest absolute Gasteiger partial charge is 0.314 e. The molecule has 19 heavy (non-hydrogen) atoms. The van der Waals surface area contributed by atoms with Crippen molar-refractivity contribution >= 4 is 22.0 Å². The molecule has 0 aromatic rings. The summed E-state index contributed by atoms with van der Waals surface area (Å²) in [6.45, 7) is 3.45. The second kappa shape index (κ2) is 7.95. The van der Waals surface area contributed by atoms with E-state index >= 15 is 0 Å². The molecule has 0 rings (SSSR count). The van der Waals surface area contributed by atoms with Crippen LogP contribution in [0.5, 0.6) is 0 Å². The summed E-state index contributed by atoms with van der Waals surface area (Å²) in [7, 11) is -2.07. The maximum Gasteiger partial charge on any atom is 0.314 e. The predicted molar refractivity (Wildman–Crippen MR) is 70.2 cm³/mol. The number of sulfonamides is 1. The van der Waals surface area contributed by atoms with Crippen LogP contribution >= 0.6 is 0 Å². The largest absolute Gasteiger partial charge is 0.481 e. The van der Waals surface area contributed by atoms with Crippen molar-refractivity contribution in [3.8, 4) is 0 Å². The molecule has 4 N–H and O–H groups in total. The molecule has 9 heteroatoms. The van der Waals surface area contributed by atoms with Crippen LogP contribution in [0.15, 0.2) is 0 Å². The van der Waals surface area contributed by atoms with Crippen molar-refractivity contribution in [3.63, 3.8) is 0 Å². The molecule has 8 nitrogen and oxygen atoms in total. The number of carboxylic acids is 1. The second-order valence-electron chi connectivity index (χ2n) is 4.35. The van der Waals surface area contributed by atoms with Crippen LogP contribution in [0.3, 0.4) is 0 Å². The fourth-order valence-corrected chi connectivity index (χ4v) is 1.85. The number of aliphatic carboxylic acids is 1. The quantitative estimate of drug-likeness (QED) is 0.466. The van der Waals surface area contributed by atoms with Crippen LogP contribution in [-0.4, -0.2) is 51.4 Å². The molecule has 1 unspecified atom stereocenters. The van der Waals surface area contributed by atoms with E-state index in [1.165, 1.54) is 7.05 Å². The summed E-state index contributed by atoms with van der Waals surface area (Å²) in [4.78, 5) is 22.2. The molecule has 0 aliphatic rings. The van der Waals surface area contributed by atoms with Crippen LogP contribution in [0.25, 0.3) is 0 Å². The normalized spacial score (nSPS) is 13.1. The van der Waals surface area contributed by atoms with E-state index in [4.69, 9.17) is 5.11 Å². The van der Waals surface area contributed by atoms with Gasteiger partial charge in [-0.2, -0.15) is 0 Å². The Morgan fingerprint density at radius 1 is 1.21 bits per heavy atom. The number of hydrogen-bond acceptors (Lipinski definition) is 4. The van der Waals surface area contributed by atoms with Crippen molar-refractivity contribution in [3.05, 3.63) is 0 Å². The lowest BCUT2D eigenvalue weighted by molar-refractivity contribution is -0.142. The van der Waals surface area contributed by atoms with E-state index in [9.17, 15) is 18.0 Å². The van der Waals surface area contributed by atoms with E-state index < -0.39 is 27.9 Å². The Morgan fingerprint density at radius 2 is 1.79 bits per heavy atom. The lowest BCUT2D eigenvalue weighted by Gasteiger charge is -2.16. The van der Waals surface area contributed by atoms with Gasteiger partial charge in [-0.25, -0.2) is 17.9 Å². The number of carbonyl (C=O) groups is 2. The van der Waals surface area contributed by atoms with Crippen LogP contribution in [0.2, 0.25) is 0 Å². The highest BCUT2D eigenvalue weighted by molar-refractivity contribution is 7.89. The highest BCUT2D eigenvalue weighted by atomic mass is 32.2. The molecule has 0 saturated carbocycles. The molecule has 0 saturated heterocycles. The molecule has 0 fully saturated rings. The molecule has 0 radical (unpaired) electrons. The first-order valence-corrected chi connectivity index (χ1v) is 7.50. The number of rotatable bonds is 8. The number of amides is 2. The van der Waals surface area contributed by atoms with E-state index in [1.807, 2.05) is 0 Å². The minimum Gasteiger partial charge on any atom is -0.481 e. The van der Waals surface area contributed by atoms with Crippen molar-refractivity contribution in [2.45, 2.75) is 13.8 Å². The van der Waals surface area contributed by atoms with Gasteiger partial charge in [-0.05, 0) is 13.0 Å². The Bertz CT molecular complexity index is 407. The van der Waals surface area contributed by atoms with E-state index in [1.54, 1.807) is 13.8 Å². The van der Waals surface area contributed by atoms with Crippen LogP contribution in [-0.2, 0) is 14.8 Å². The zero-order valence-corrected chi connectivity index (χ0v) is 12.1. The van der Waals surface area contributed by atoms with Crippen LogP contribution in [0.1, 0.15) is 13.8 Å². The van der Waals surface area contributed by atoms with Crippen LogP contribution in [0.4, 0.5) is 4.79 Å². The number of urea groups is 1. The van der Waals surface area contributed by atoms with E-state index in [0.717, 1.165) is 0 Å². The molecule has 0 aliphatic heterocycles. The number of carboxylic acid groups (broad SMARTS) is 1. The summed E-state index contributed by atoms with van der Waals surface area (Å²) in [6, 6.07) is -0.585. The predicted octanol–water partition coefficient (Wildman–Crippen LogP) is -0.808. The highest BCUT2D eigenvalue weighted by Crippen LogP contribution is 2.09. The van der Waals surface area contributed by atoms with Gasteiger partial charge in [0.05, 0.1) is 11.7 Å². The molecule has 0 aromatic heterocycles. The summed E-state index contributed by atoms with van der Waals surface area (Å²) < 4.78 is 24.2. The number of nitrogens with one attached hydrogen (secondary N) is 3. The Morgan fingerprint density at radius 3 is 2.21 bits per heavy atom. The van der Waals surface area contributed by atoms with Gasteiger partial charge >= 0.3 is 12.0 Å². The molecule has 112 valence electrons. The Hall–Kier alpha value is -1.35. The molecule has 0 spiro atoms. The zero-order chi connectivity index (χ0) is 15.1. The summed E-state index contributed by atoms with van der Waals surface area (Å²) >= 11 is 0. The van der Waals surface area contributed by atoms with Gasteiger partial charge in [-0.1, -0.05) is 13.8 Å². The number of carbonyl (C=O) groups excluding carboxylic acids is 1. The maximum absolute atomic E-state index is 11.3. The van der Waals surface area contributed by atoms with Gasteiger partial charge in [0.25, 0.3) is 0 Å². The van der Waals surface area contributed by atoms with E-state index in [0.29, 0.717) is 0 Å². The molecule has 0 aromatic carbocycles. The van der Waals surface area contributed by atoms with Gasteiger partial charge in [0.1, 0.15) is 0 Å². The zero-order valence-electron chi connectivity index (χ0n) is 11.3. The number of hydrogen-bond donors (Lipinski definition) is 4. The summed E-state index contributed by atoms with van der Waals surface area (Å²) in [6.07, 6.45) is 0. The van der Waals surface area contributed by atoms with Gasteiger partial charge < -0.3 is 15.7 Å². The Kier molecular flexibility index (Phi) is 7.38. The maximum atomic E-state index is 11.3. The van der Waals surface area contributed by atoms with Gasteiger partial charge in [0, 0.05) is 13.1 Å². The first kappa shape index (κ1) is 17.6. The Labute approximate surface area is 113 Å².